The maximum absolute atomic E-state index is 13.5. The van der Waals surface area contributed by atoms with Gasteiger partial charge in [0.1, 0.15) is 11.8 Å². The SMILES string of the molecule is CC[C@@H](C(=O)NC(C)C)N(Cc1ccc(OC)cc1)C(=O)CCCN(c1cc(Cl)ccc1Cl)S(C)(=O)=O. The van der Waals surface area contributed by atoms with E-state index in [1.165, 1.54) is 12.1 Å². The second kappa shape index (κ2) is 13.9. The number of nitrogens with zero attached hydrogens (tertiary/aromatic N) is 2. The van der Waals surface area contributed by atoms with Gasteiger partial charge in [0.05, 0.1) is 24.1 Å². The van der Waals surface area contributed by atoms with Crippen LogP contribution < -0.4 is 14.4 Å². The Hall–Kier alpha value is -2.49. The molecular formula is C26H35Cl2N3O5S. The number of halogens is 2. The highest BCUT2D eigenvalue weighted by Gasteiger charge is 2.29. The van der Waals surface area contributed by atoms with E-state index in [-0.39, 0.29) is 54.5 Å². The number of ether oxygens (including phenoxy) is 1. The van der Waals surface area contributed by atoms with Gasteiger partial charge in [-0.25, -0.2) is 8.42 Å². The third-order valence-corrected chi connectivity index (χ3v) is 7.39. The highest BCUT2D eigenvalue weighted by atomic mass is 35.5. The molecule has 0 aromatic heterocycles. The van der Waals surface area contributed by atoms with Crippen molar-refractivity contribution in [1.82, 2.24) is 10.2 Å². The number of carbonyl (C=O) groups is 2. The monoisotopic (exact) mass is 571 g/mol. The highest BCUT2D eigenvalue weighted by molar-refractivity contribution is 7.92. The fourth-order valence-electron chi connectivity index (χ4n) is 3.89. The molecule has 37 heavy (non-hydrogen) atoms. The summed E-state index contributed by atoms with van der Waals surface area (Å²) in [5.74, 6) is 0.196. The van der Waals surface area contributed by atoms with Crippen LogP contribution in [0.4, 0.5) is 5.69 Å². The summed E-state index contributed by atoms with van der Waals surface area (Å²) in [6.07, 6.45) is 1.75. The van der Waals surface area contributed by atoms with Crippen LogP contribution in [-0.4, -0.2) is 57.1 Å². The average Bonchev–Trinajstić information content (AvgIpc) is 2.82. The zero-order valence-electron chi connectivity index (χ0n) is 21.8. The molecular weight excluding hydrogens is 537 g/mol. The van der Waals surface area contributed by atoms with Crippen molar-refractivity contribution in [3.63, 3.8) is 0 Å². The summed E-state index contributed by atoms with van der Waals surface area (Å²) in [5.41, 5.74) is 1.09. The van der Waals surface area contributed by atoms with Gasteiger partial charge in [0.25, 0.3) is 0 Å². The van der Waals surface area contributed by atoms with Crippen LogP contribution in [-0.2, 0) is 26.2 Å². The first-order valence-corrected chi connectivity index (χ1v) is 14.6. The van der Waals surface area contributed by atoms with Gasteiger partial charge < -0.3 is 15.0 Å². The van der Waals surface area contributed by atoms with E-state index in [0.717, 1.165) is 16.1 Å². The molecule has 204 valence electrons. The van der Waals surface area contributed by atoms with E-state index in [1.807, 2.05) is 32.9 Å². The predicted octanol–water partition coefficient (Wildman–Crippen LogP) is 4.88. The Balaban J connectivity index is 2.25. The van der Waals surface area contributed by atoms with E-state index >= 15 is 0 Å². The summed E-state index contributed by atoms with van der Waals surface area (Å²) in [7, 11) is -2.12. The quantitative estimate of drug-likeness (QED) is 0.369. The standard InChI is InChI=1S/C26H35Cl2N3O5S/c1-6-23(26(33)29-18(2)3)30(17-19-9-12-21(36-4)13-10-19)25(32)8-7-15-31(37(5,34)35)24-16-20(27)11-14-22(24)28/h9-14,16,18,23H,6-8,15,17H2,1-5H3,(H,29,33)/t23-/m0/s1. The van der Waals surface area contributed by atoms with Gasteiger partial charge in [-0.05, 0) is 62.6 Å². The minimum Gasteiger partial charge on any atom is -0.497 e. The number of hydrogen-bond acceptors (Lipinski definition) is 5. The summed E-state index contributed by atoms with van der Waals surface area (Å²) < 4.78 is 31.4. The predicted molar refractivity (Wildman–Crippen MR) is 149 cm³/mol. The zero-order valence-corrected chi connectivity index (χ0v) is 24.2. The lowest BCUT2D eigenvalue weighted by molar-refractivity contribution is -0.141. The first-order chi connectivity index (χ1) is 17.4. The molecule has 0 aliphatic carbocycles. The number of benzene rings is 2. The lowest BCUT2D eigenvalue weighted by atomic mass is 10.1. The molecule has 0 saturated carbocycles. The molecule has 0 spiro atoms. The van der Waals surface area contributed by atoms with Crippen LogP contribution in [0.15, 0.2) is 42.5 Å². The van der Waals surface area contributed by atoms with Crippen LogP contribution in [0.5, 0.6) is 5.75 Å². The smallest absolute Gasteiger partial charge is 0.243 e. The molecule has 0 fully saturated rings. The topological polar surface area (TPSA) is 96.0 Å². The third-order valence-electron chi connectivity index (χ3n) is 5.66. The van der Waals surface area contributed by atoms with Gasteiger partial charge in [0.15, 0.2) is 0 Å². The van der Waals surface area contributed by atoms with Gasteiger partial charge in [-0.15, -0.1) is 0 Å². The molecule has 2 rings (SSSR count). The van der Waals surface area contributed by atoms with Crippen LogP contribution in [0.1, 0.15) is 45.6 Å². The lowest BCUT2D eigenvalue weighted by Crippen LogP contribution is -2.50. The fourth-order valence-corrected chi connectivity index (χ4v) is 5.29. The summed E-state index contributed by atoms with van der Waals surface area (Å²) >= 11 is 12.3. The average molecular weight is 573 g/mol. The van der Waals surface area contributed by atoms with Crippen molar-refractivity contribution in [2.24, 2.45) is 0 Å². The Labute approximate surface area is 229 Å². The first-order valence-electron chi connectivity index (χ1n) is 12.0. The summed E-state index contributed by atoms with van der Waals surface area (Å²) in [6.45, 7) is 5.83. The van der Waals surface area contributed by atoms with Gasteiger partial charge >= 0.3 is 0 Å². The minimum absolute atomic E-state index is 0.0238. The molecule has 0 unspecified atom stereocenters. The maximum Gasteiger partial charge on any atom is 0.243 e. The van der Waals surface area contributed by atoms with Crippen molar-refractivity contribution >= 4 is 50.7 Å². The second-order valence-electron chi connectivity index (χ2n) is 8.99. The number of nitrogens with one attached hydrogen (secondary N) is 1. The molecule has 0 heterocycles. The van der Waals surface area contributed by atoms with E-state index in [0.29, 0.717) is 17.2 Å². The van der Waals surface area contributed by atoms with E-state index in [9.17, 15) is 18.0 Å². The number of anilines is 1. The second-order valence-corrected chi connectivity index (χ2v) is 11.7. The molecule has 0 radical (unpaired) electrons. The van der Waals surface area contributed by atoms with Crippen LogP contribution >= 0.6 is 23.2 Å². The van der Waals surface area contributed by atoms with Gasteiger partial charge in [-0.2, -0.15) is 0 Å². The molecule has 1 atom stereocenters. The first kappa shape index (κ1) is 30.7. The zero-order chi connectivity index (χ0) is 27.8. The minimum atomic E-state index is -3.69. The highest BCUT2D eigenvalue weighted by Crippen LogP contribution is 2.31. The van der Waals surface area contributed by atoms with Crippen LogP contribution in [0.2, 0.25) is 10.0 Å². The van der Waals surface area contributed by atoms with Gasteiger partial charge in [0.2, 0.25) is 21.8 Å². The summed E-state index contributed by atoms with van der Waals surface area (Å²) in [6, 6.07) is 11.1. The van der Waals surface area contributed by atoms with Crippen LogP contribution in [0, 0.1) is 0 Å². The Kier molecular flexibility index (Phi) is 11.5. The molecule has 2 aromatic carbocycles. The third kappa shape index (κ3) is 9.09. The fraction of sp³-hybridized carbons (Fsp3) is 0.462. The molecule has 8 nitrogen and oxygen atoms in total. The van der Waals surface area contributed by atoms with Crippen molar-refractivity contribution < 1.29 is 22.7 Å². The van der Waals surface area contributed by atoms with Gasteiger partial charge in [0, 0.05) is 30.6 Å². The summed E-state index contributed by atoms with van der Waals surface area (Å²) in [4.78, 5) is 28.0. The molecule has 2 aromatic rings. The number of hydrogen-bond donors (Lipinski definition) is 1. The number of rotatable bonds is 13. The Morgan fingerprint density at radius 2 is 1.73 bits per heavy atom. The molecule has 2 amide bonds. The van der Waals surface area contributed by atoms with Crippen molar-refractivity contribution in [3.05, 3.63) is 58.1 Å². The summed E-state index contributed by atoms with van der Waals surface area (Å²) in [5, 5.41) is 3.47. The molecule has 1 N–H and O–H groups in total. The molecule has 0 aliphatic heterocycles. The van der Waals surface area contributed by atoms with E-state index in [4.69, 9.17) is 27.9 Å². The van der Waals surface area contributed by atoms with E-state index in [1.54, 1.807) is 30.2 Å². The van der Waals surface area contributed by atoms with E-state index in [2.05, 4.69) is 5.32 Å². The van der Waals surface area contributed by atoms with Crippen LogP contribution in [0.25, 0.3) is 0 Å². The van der Waals surface area contributed by atoms with Crippen LogP contribution in [0.3, 0.4) is 0 Å². The van der Waals surface area contributed by atoms with Crippen molar-refractivity contribution in [2.45, 2.75) is 58.7 Å². The molecule has 0 aliphatic rings. The Morgan fingerprint density at radius 3 is 2.27 bits per heavy atom. The number of carbonyl (C=O) groups excluding carboxylic acids is 2. The molecule has 0 saturated heterocycles. The van der Waals surface area contributed by atoms with Gasteiger partial charge in [-0.1, -0.05) is 42.3 Å². The number of methoxy groups -OCH3 is 1. The normalized spacial score (nSPS) is 12.2. The molecule has 0 bridgehead atoms. The van der Waals surface area contributed by atoms with Gasteiger partial charge in [-0.3, -0.25) is 13.9 Å². The maximum atomic E-state index is 13.5. The van der Waals surface area contributed by atoms with Crippen molar-refractivity contribution in [2.75, 3.05) is 24.2 Å². The Bertz CT molecular complexity index is 1170. The van der Waals surface area contributed by atoms with E-state index < -0.39 is 16.1 Å². The molecule has 11 heteroatoms. The number of sulfonamides is 1. The van der Waals surface area contributed by atoms with Crippen molar-refractivity contribution in [3.8, 4) is 5.75 Å². The lowest BCUT2D eigenvalue weighted by Gasteiger charge is -2.31. The largest absolute Gasteiger partial charge is 0.497 e. The number of amides is 2. The van der Waals surface area contributed by atoms with Crippen molar-refractivity contribution in [1.29, 1.82) is 0 Å². The Morgan fingerprint density at radius 1 is 1.08 bits per heavy atom.